The zero-order valence-electron chi connectivity index (χ0n) is 20.3. The lowest BCUT2D eigenvalue weighted by atomic mass is 10.0. The molecule has 3 aromatic rings. The van der Waals surface area contributed by atoms with Crippen molar-refractivity contribution < 1.29 is 19.8 Å². The van der Waals surface area contributed by atoms with E-state index in [2.05, 4.69) is 6.92 Å². The van der Waals surface area contributed by atoms with Crippen molar-refractivity contribution in [3.63, 3.8) is 0 Å². The Morgan fingerprint density at radius 2 is 1.89 bits per heavy atom. The van der Waals surface area contributed by atoms with Crippen molar-refractivity contribution in [1.82, 2.24) is 14.0 Å². The van der Waals surface area contributed by atoms with Crippen molar-refractivity contribution in [3.8, 4) is 11.3 Å². The van der Waals surface area contributed by atoms with E-state index in [1.54, 1.807) is 23.2 Å². The molecule has 36 heavy (non-hydrogen) atoms. The molecule has 1 aromatic carbocycles. The fourth-order valence-corrected chi connectivity index (χ4v) is 4.89. The standard InChI is InChI=1S/C26H31ClN4O5/c1-2-3-4-12-29-23(30-15-19(32)13-21(30)22(33)6-5-7-25(35)36)14-24(34)31-16-20(28-26(29)31)17-8-10-18(27)11-9-17/h8-11,14,16,19,21,32H,2-7,12-13,15H2,1H3,(H,35,36)/t19-,21+/m1/s1. The third-order valence-electron chi connectivity index (χ3n) is 6.58. The van der Waals surface area contributed by atoms with E-state index < -0.39 is 18.1 Å². The third-order valence-corrected chi connectivity index (χ3v) is 6.83. The number of β-amino-alcohol motifs (C(OH)–C–C–N with tert-alkyl or cyclic N) is 1. The first-order valence-corrected chi connectivity index (χ1v) is 12.7. The molecule has 10 heteroatoms. The van der Waals surface area contributed by atoms with Gasteiger partial charge in [-0.05, 0) is 25.0 Å². The molecule has 4 rings (SSSR count). The van der Waals surface area contributed by atoms with Crippen LogP contribution >= 0.6 is 11.6 Å². The van der Waals surface area contributed by atoms with Gasteiger partial charge in [-0.1, -0.05) is 43.5 Å². The van der Waals surface area contributed by atoms with Crippen LogP contribution in [0.3, 0.4) is 0 Å². The molecule has 1 aliphatic heterocycles. The number of carbonyl (C=O) groups excluding carboxylic acids is 1. The maximum absolute atomic E-state index is 13.2. The Balaban J connectivity index is 1.76. The number of hydrogen-bond acceptors (Lipinski definition) is 6. The van der Waals surface area contributed by atoms with Crippen molar-refractivity contribution >= 4 is 34.9 Å². The van der Waals surface area contributed by atoms with Crippen LogP contribution in [-0.4, -0.2) is 54.6 Å². The lowest BCUT2D eigenvalue weighted by Gasteiger charge is -2.28. The number of ketones is 1. The summed E-state index contributed by atoms with van der Waals surface area (Å²) >= 11 is 6.03. The van der Waals surface area contributed by atoms with E-state index in [1.165, 1.54) is 10.5 Å². The number of nitrogens with zero attached hydrogens (tertiary/aromatic N) is 4. The molecule has 3 heterocycles. The molecule has 0 bridgehead atoms. The molecular weight excluding hydrogens is 484 g/mol. The number of aromatic nitrogens is 3. The average Bonchev–Trinajstić information content (AvgIpc) is 3.45. The lowest BCUT2D eigenvalue weighted by Crippen LogP contribution is -2.39. The summed E-state index contributed by atoms with van der Waals surface area (Å²) in [5.74, 6) is -0.0652. The molecule has 1 aliphatic rings. The van der Waals surface area contributed by atoms with Crippen LogP contribution in [0.1, 0.15) is 51.9 Å². The number of rotatable bonds is 11. The van der Waals surface area contributed by atoms with E-state index in [9.17, 15) is 19.5 Å². The Morgan fingerprint density at radius 1 is 1.14 bits per heavy atom. The number of benzene rings is 1. The Hall–Kier alpha value is -3.17. The Bertz CT molecular complexity index is 1300. The molecule has 1 saturated heterocycles. The number of carboxylic acid groups (broad SMARTS) is 1. The van der Waals surface area contributed by atoms with Crippen LogP contribution in [-0.2, 0) is 16.1 Å². The second kappa shape index (κ2) is 11.3. The first-order chi connectivity index (χ1) is 17.3. The van der Waals surface area contributed by atoms with Gasteiger partial charge in [0, 0.05) is 55.2 Å². The van der Waals surface area contributed by atoms with Crippen molar-refractivity contribution in [2.45, 2.75) is 70.6 Å². The monoisotopic (exact) mass is 514 g/mol. The Morgan fingerprint density at radius 3 is 2.58 bits per heavy atom. The summed E-state index contributed by atoms with van der Waals surface area (Å²) in [4.78, 5) is 43.7. The Kier molecular flexibility index (Phi) is 8.11. The van der Waals surface area contributed by atoms with Gasteiger partial charge in [-0.2, -0.15) is 0 Å². The molecule has 2 N–H and O–H groups in total. The molecule has 0 radical (unpaired) electrons. The van der Waals surface area contributed by atoms with Crippen LogP contribution in [0.2, 0.25) is 5.02 Å². The number of fused-ring (bicyclic) bond motifs is 1. The number of aryl methyl sites for hydroxylation is 1. The molecule has 0 spiro atoms. The highest BCUT2D eigenvalue weighted by molar-refractivity contribution is 6.30. The number of aliphatic hydroxyl groups is 1. The van der Waals surface area contributed by atoms with Gasteiger partial charge in [0.1, 0.15) is 5.82 Å². The quantitative estimate of drug-likeness (QED) is 0.374. The van der Waals surface area contributed by atoms with Gasteiger partial charge in [0.15, 0.2) is 5.78 Å². The van der Waals surface area contributed by atoms with E-state index in [0.717, 1.165) is 24.8 Å². The Labute approximate surface area is 213 Å². The first kappa shape index (κ1) is 25.9. The number of unbranched alkanes of at least 4 members (excludes halogenated alkanes) is 2. The third kappa shape index (κ3) is 5.63. The summed E-state index contributed by atoms with van der Waals surface area (Å²) in [5, 5.41) is 20.0. The number of carbonyl (C=O) groups is 2. The van der Waals surface area contributed by atoms with Crippen LogP contribution in [0.5, 0.6) is 0 Å². The zero-order valence-corrected chi connectivity index (χ0v) is 21.0. The van der Waals surface area contributed by atoms with Gasteiger partial charge < -0.3 is 15.1 Å². The van der Waals surface area contributed by atoms with Crippen molar-refractivity contribution in [2.75, 3.05) is 11.4 Å². The molecule has 0 aliphatic carbocycles. The number of aliphatic hydroxyl groups excluding tert-OH is 1. The average molecular weight is 515 g/mol. The summed E-state index contributed by atoms with van der Waals surface area (Å²) in [6, 6.07) is 8.11. The second-order valence-corrected chi connectivity index (χ2v) is 9.71. The maximum atomic E-state index is 13.2. The van der Waals surface area contributed by atoms with Crippen LogP contribution < -0.4 is 10.5 Å². The fraction of sp³-hybridized carbons (Fsp3) is 0.462. The topological polar surface area (TPSA) is 117 Å². The number of anilines is 1. The predicted molar refractivity (Wildman–Crippen MR) is 138 cm³/mol. The molecular formula is C26H31ClN4O5. The van der Waals surface area contributed by atoms with E-state index in [-0.39, 0.29) is 43.6 Å². The van der Waals surface area contributed by atoms with Gasteiger partial charge in [-0.3, -0.25) is 23.4 Å². The van der Waals surface area contributed by atoms with Crippen molar-refractivity contribution in [2.24, 2.45) is 0 Å². The smallest absolute Gasteiger partial charge is 0.303 e. The lowest BCUT2D eigenvalue weighted by molar-refractivity contribution is -0.137. The summed E-state index contributed by atoms with van der Waals surface area (Å²) < 4.78 is 3.46. The molecule has 192 valence electrons. The molecule has 0 amide bonds. The van der Waals surface area contributed by atoms with E-state index >= 15 is 0 Å². The highest BCUT2D eigenvalue weighted by atomic mass is 35.5. The molecule has 0 unspecified atom stereocenters. The van der Waals surface area contributed by atoms with Gasteiger partial charge in [0.05, 0.1) is 17.8 Å². The fourth-order valence-electron chi connectivity index (χ4n) is 4.77. The maximum Gasteiger partial charge on any atom is 0.303 e. The van der Waals surface area contributed by atoms with Gasteiger partial charge >= 0.3 is 5.97 Å². The van der Waals surface area contributed by atoms with Crippen molar-refractivity contribution in [1.29, 1.82) is 0 Å². The zero-order chi connectivity index (χ0) is 25.8. The van der Waals surface area contributed by atoms with Gasteiger partial charge in [-0.25, -0.2) is 4.98 Å². The van der Waals surface area contributed by atoms with E-state index in [0.29, 0.717) is 28.9 Å². The molecule has 2 atom stereocenters. The summed E-state index contributed by atoms with van der Waals surface area (Å²) in [6.45, 7) is 2.92. The van der Waals surface area contributed by atoms with Gasteiger partial charge in [0.2, 0.25) is 5.78 Å². The first-order valence-electron chi connectivity index (χ1n) is 12.4. The SMILES string of the molecule is CCCCCn1c(N2C[C@H](O)C[C@H]2C(=O)CCCC(=O)O)cc(=O)n2cc(-c3ccc(Cl)cc3)nc12. The van der Waals surface area contributed by atoms with E-state index in [4.69, 9.17) is 21.7 Å². The van der Waals surface area contributed by atoms with Crippen LogP contribution in [0.25, 0.3) is 17.0 Å². The normalized spacial score (nSPS) is 17.7. The number of halogens is 1. The highest BCUT2D eigenvalue weighted by Crippen LogP contribution is 2.29. The van der Waals surface area contributed by atoms with Crippen LogP contribution in [0.4, 0.5) is 5.82 Å². The molecule has 2 aromatic heterocycles. The van der Waals surface area contributed by atoms with Crippen LogP contribution in [0.15, 0.2) is 41.3 Å². The molecule has 1 fully saturated rings. The summed E-state index contributed by atoms with van der Waals surface area (Å²) in [7, 11) is 0. The number of imidazole rings is 1. The summed E-state index contributed by atoms with van der Waals surface area (Å²) in [6.07, 6.45) is 4.34. The summed E-state index contributed by atoms with van der Waals surface area (Å²) in [5.41, 5.74) is 1.18. The van der Waals surface area contributed by atoms with E-state index in [1.807, 2.05) is 16.7 Å². The highest BCUT2D eigenvalue weighted by Gasteiger charge is 2.37. The van der Waals surface area contributed by atoms with Crippen molar-refractivity contribution in [3.05, 3.63) is 51.9 Å². The number of hydrogen-bond donors (Lipinski definition) is 2. The van der Waals surface area contributed by atoms with Gasteiger partial charge in [0.25, 0.3) is 5.56 Å². The molecule has 9 nitrogen and oxygen atoms in total. The number of aliphatic carboxylic acids is 1. The minimum atomic E-state index is -0.947. The largest absolute Gasteiger partial charge is 0.481 e. The predicted octanol–water partition coefficient (Wildman–Crippen LogP) is 3.77. The second-order valence-electron chi connectivity index (χ2n) is 9.27. The molecule has 0 saturated carbocycles. The minimum Gasteiger partial charge on any atom is -0.481 e. The number of Topliss-reactive ketones (excluding diaryl/α,β-unsaturated/α-hetero) is 1. The van der Waals surface area contributed by atoms with Gasteiger partial charge in [-0.15, -0.1) is 0 Å². The number of carboxylic acids is 1. The minimum absolute atomic E-state index is 0.0871. The van der Waals surface area contributed by atoms with Crippen LogP contribution in [0, 0.1) is 0 Å².